The second kappa shape index (κ2) is 9.45. The van der Waals surface area contributed by atoms with Crippen LogP contribution in [0.25, 0.3) is 0 Å². The summed E-state index contributed by atoms with van der Waals surface area (Å²) < 4.78 is 0. The molecule has 9 nitrogen and oxygen atoms in total. The third kappa shape index (κ3) is 4.59. The zero-order valence-corrected chi connectivity index (χ0v) is 14.2. The van der Waals surface area contributed by atoms with Crippen molar-refractivity contribution < 1.29 is 34.5 Å². The van der Waals surface area contributed by atoms with Crippen LogP contribution in [0.1, 0.15) is 40.0 Å². The summed E-state index contributed by atoms with van der Waals surface area (Å²) >= 11 is 0. The molecule has 2 amide bonds. The molecular formula is C15H26N2O7. The molecule has 0 rings (SSSR count). The number of imide groups is 1. The van der Waals surface area contributed by atoms with Gasteiger partial charge in [-0.05, 0) is 32.7 Å². The highest BCUT2D eigenvalue weighted by Crippen LogP contribution is 2.34. The van der Waals surface area contributed by atoms with Crippen molar-refractivity contribution in [2.75, 3.05) is 13.2 Å². The van der Waals surface area contributed by atoms with E-state index in [1.54, 1.807) is 0 Å². The molecule has 24 heavy (non-hydrogen) atoms. The van der Waals surface area contributed by atoms with Gasteiger partial charge in [-0.15, -0.1) is 0 Å². The number of amides is 2. The Balaban J connectivity index is 6.37. The predicted octanol–water partition coefficient (Wildman–Crippen LogP) is -1.11. The van der Waals surface area contributed by atoms with Crippen LogP contribution >= 0.6 is 0 Å². The average Bonchev–Trinajstić information content (AvgIpc) is 2.46. The van der Waals surface area contributed by atoms with Gasteiger partial charge in [0.15, 0.2) is 5.78 Å². The number of nitrogens with zero attached hydrogens (tertiary/aromatic N) is 1. The number of rotatable bonds is 10. The van der Waals surface area contributed by atoms with Crippen molar-refractivity contribution in [3.8, 4) is 0 Å². The van der Waals surface area contributed by atoms with Crippen LogP contribution in [0.15, 0.2) is 0 Å². The molecule has 0 radical (unpaired) electrons. The molecule has 0 aliphatic rings. The van der Waals surface area contributed by atoms with Gasteiger partial charge in [-0.2, -0.15) is 0 Å². The number of aliphatic hydroxyl groups is 2. The number of carbonyl (C=O) groups excluding carboxylic acids is 3. The van der Waals surface area contributed by atoms with Crippen LogP contribution < -0.4 is 5.73 Å². The summed E-state index contributed by atoms with van der Waals surface area (Å²) in [7, 11) is 0. The molecule has 2 unspecified atom stereocenters. The average molecular weight is 346 g/mol. The number of ketones is 1. The van der Waals surface area contributed by atoms with Gasteiger partial charge in [0.05, 0.1) is 12.7 Å². The monoisotopic (exact) mass is 346 g/mol. The molecule has 0 aromatic carbocycles. The highest BCUT2D eigenvalue weighted by Gasteiger charge is 2.57. The van der Waals surface area contributed by atoms with E-state index in [2.05, 4.69) is 0 Å². The Morgan fingerprint density at radius 1 is 1.12 bits per heavy atom. The predicted molar refractivity (Wildman–Crippen MR) is 83.7 cm³/mol. The first kappa shape index (κ1) is 22.2. The molecule has 0 aliphatic carbocycles. The Morgan fingerprint density at radius 2 is 1.62 bits per heavy atom. The number of hydrogen-bond donors (Lipinski definition) is 4. The highest BCUT2D eigenvalue weighted by molar-refractivity contribution is 6.14. The molecule has 0 saturated carbocycles. The lowest BCUT2D eigenvalue weighted by atomic mass is 9.73. The van der Waals surface area contributed by atoms with Crippen molar-refractivity contribution >= 4 is 23.6 Å². The fourth-order valence-corrected chi connectivity index (χ4v) is 3.03. The van der Waals surface area contributed by atoms with Crippen LogP contribution in [0.5, 0.6) is 0 Å². The van der Waals surface area contributed by atoms with E-state index in [0.29, 0.717) is 11.3 Å². The Labute approximate surface area is 140 Å². The van der Waals surface area contributed by atoms with Gasteiger partial charge < -0.3 is 21.1 Å². The zero-order chi connectivity index (χ0) is 19.1. The van der Waals surface area contributed by atoms with Gasteiger partial charge in [0.1, 0.15) is 0 Å². The second-order valence-electron chi connectivity index (χ2n) is 5.70. The first-order valence-electron chi connectivity index (χ1n) is 7.62. The van der Waals surface area contributed by atoms with Crippen LogP contribution in [-0.4, -0.2) is 68.6 Å². The summed E-state index contributed by atoms with van der Waals surface area (Å²) in [5.74, 6) is -5.45. The third-order valence-corrected chi connectivity index (χ3v) is 3.96. The van der Waals surface area contributed by atoms with Gasteiger partial charge in [-0.25, -0.2) is 4.79 Å². The van der Waals surface area contributed by atoms with E-state index in [1.807, 2.05) is 0 Å². The largest absolute Gasteiger partial charge is 0.479 e. The van der Waals surface area contributed by atoms with Gasteiger partial charge in [-0.1, -0.05) is 0 Å². The second-order valence-corrected chi connectivity index (χ2v) is 5.70. The van der Waals surface area contributed by atoms with Crippen LogP contribution in [0.4, 0.5) is 0 Å². The summed E-state index contributed by atoms with van der Waals surface area (Å²) in [6, 6.07) is 0. The molecule has 0 aliphatic heterocycles. The van der Waals surface area contributed by atoms with Crippen molar-refractivity contribution in [1.29, 1.82) is 0 Å². The molecule has 3 atom stereocenters. The summed E-state index contributed by atoms with van der Waals surface area (Å²) in [5, 5.41) is 28.6. The molecule has 5 N–H and O–H groups in total. The maximum Gasteiger partial charge on any atom is 0.338 e. The normalized spacial score (nSPS) is 15.9. The van der Waals surface area contributed by atoms with Crippen molar-refractivity contribution in [2.45, 2.75) is 51.7 Å². The van der Waals surface area contributed by atoms with Gasteiger partial charge in [-0.3, -0.25) is 19.3 Å². The Kier molecular flexibility index (Phi) is 8.73. The SMILES string of the molecule is CC(=O)N(C(C)=O)[C@](C(C)=O)(C(=O)O)C(CCCN)CC(O)CO. The lowest BCUT2D eigenvalue weighted by Gasteiger charge is -2.42. The molecule has 0 aromatic heterocycles. The number of carbonyl (C=O) groups is 4. The molecule has 0 heterocycles. The quantitative estimate of drug-likeness (QED) is 0.363. The number of aliphatic hydroxyl groups excluding tert-OH is 2. The summed E-state index contributed by atoms with van der Waals surface area (Å²) in [6.45, 7) is 2.51. The lowest BCUT2D eigenvalue weighted by molar-refractivity contribution is -0.174. The highest BCUT2D eigenvalue weighted by atomic mass is 16.4. The molecule has 0 bridgehead atoms. The van der Waals surface area contributed by atoms with E-state index in [1.165, 1.54) is 0 Å². The minimum atomic E-state index is -2.46. The van der Waals surface area contributed by atoms with Crippen molar-refractivity contribution in [3.63, 3.8) is 0 Å². The first-order chi connectivity index (χ1) is 11.1. The minimum absolute atomic E-state index is 0.0799. The van der Waals surface area contributed by atoms with E-state index in [9.17, 15) is 29.4 Å². The van der Waals surface area contributed by atoms with Crippen LogP contribution in [0.3, 0.4) is 0 Å². The van der Waals surface area contributed by atoms with Gasteiger partial charge in [0.2, 0.25) is 17.4 Å². The molecule has 9 heteroatoms. The van der Waals surface area contributed by atoms with E-state index in [0.717, 1.165) is 20.8 Å². The number of Topliss-reactive ketones (excluding diaryl/α,β-unsaturated/α-hetero) is 1. The molecule has 0 spiro atoms. The summed E-state index contributed by atoms with van der Waals surface area (Å²) in [4.78, 5) is 48.6. The molecule has 0 aromatic rings. The molecular weight excluding hydrogens is 320 g/mol. The van der Waals surface area contributed by atoms with Crippen LogP contribution in [-0.2, 0) is 19.2 Å². The summed E-state index contributed by atoms with van der Waals surface area (Å²) in [6.07, 6.45) is -1.18. The topological polar surface area (TPSA) is 158 Å². The standard InChI is InChI=1S/C15H26N2O7/c1-9(19)15(14(23)24,17(10(2)20)11(3)21)12(5-4-6-16)7-13(22)8-18/h12-13,18,22H,4-8,16H2,1-3H3,(H,23,24)/t12?,13?,15-/m0/s1. The molecule has 0 fully saturated rings. The van der Waals surface area contributed by atoms with Gasteiger partial charge >= 0.3 is 5.97 Å². The Hall–Kier alpha value is -1.84. The molecule has 0 saturated heterocycles. The van der Waals surface area contributed by atoms with E-state index >= 15 is 0 Å². The van der Waals surface area contributed by atoms with E-state index in [4.69, 9.17) is 10.8 Å². The number of nitrogens with two attached hydrogens (primary N) is 1. The maximum absolute atomic E-state index is 12.3. The smallest absolute Gasteiger partial charge is 0.338 e. The van der Waals surface area contributed by atoms with Gasteiger partial charge in [0, 0.05) is 19.8 Å². The number of hydrogen-bond acceptors (Lipinski definition) is 7. The van der Waals surface area contributed by atoms with Gasteiger partial charge in [0.25, 0.3) is 0 Å². The van der Waals surface area contributed by atoms with E-state index < -0.39 is 47.7 Å². The number of carboxylic acid groups (broad SMARTS) is 1. The van der Waals surface area contributed by atoms with Crippen LogP contribution in [0, 0.1) is 5.92 Å². The number of carboxylic acids is 1. The van der Waals surface area contributed by atoms with Crippen molar-refractivity contribution in [3.05, 3.63) is 0 Å². The maximum atomic E-state index is 12.3. The third-order valence-electron chi connectivity index (χ3n) is 3.96. The van der Waals surface area contributed by atoms with Crippen molar-refractivity contribution in [1.82, 2.24) is 4.90 Å². The molecule has 138 valence electrons. The fraction of sp³-hybridized carbons (Fsp3) is 0.733. The Morgan fingerprint density at radius 3 is 1.92 bits per heavy atom. The first-order valence-corrected chi connectivity index (χ1v) is 7.62. The van der Waals surface area contributed by atoms with E-state index in [-0.39, 0.29) is 19.4 Å². The zero-order valence-electron chi connectivity index (χ0n) is 14.2. The minimum Gasteiger partial charge on any atom is -0.479 e. The summed E-state index contributed by atoms with van der Waals surface area (Å²) in [5.41, 5.74) is 2.98. The van der Waals surface area contributed by atoms with Crippen molar-refractivity contribution in [2.24, 2.45) is 11.7 Å². The fourth-order valence-electron chi connectivity index (χ4n) is 3.03. The Bertz CT molecular complexity index is 464. The lowest BCUT2D eigenvalue weighted by Crippen LogP contribution is -2.67. The number of aliphatic carboxylic acids is 1. The van der Waals surface area contributed by atoms with Crippen LogP contribution in [0.2, 0.25) is 0 Å².